The van der Waals surface area contributed by atoms with Crippen LogP contribution < -0.4 is 0 Å². The molecule has 1 amide bonds. The molecule has 0 aliphatic heterocycles. The Morgan fingerprint density at radius 1 is 1.39 bits per heavy atom. The van der Waals surface area contributed by atoms with Crippen molar-refractivity contribution in [2.45, 2.75) is 46.1 Å². The first-order chi connectivity index (χ1) is 8.69. The molecule has 0 aliphatic carbocycles. The van der Waals surface area contributed by atoms with E-state index in [1.807, 2.05) is 11.8 Å². The molecule has 0 saturated carbocycles. The van der Waals surface area contributed by atoms with E-state index in [4.69, 9.17) is 11.6 Å². The standard InChI is InChI=1S/C12H20ClN3OS/c1-4-9(5-2)16(8-7-13)12(17)11-10(6-3)14-15-18-11/h9H,4-8H2,1-3H3. The summed E-state index contributed by atoms with van der Waals surface area (Å²) in [7, 11) is 0. The third kappa shape index (κ3) is 3.42. The molecule has 6 heteroatoms. The number of hydrogen-bond acceptors (Lipinski definition) is 4. The Balaban J connectivity index is 2.95. The van der Waals surface area contributed by atoms with Gasteiger partial charge in [0, 0.05) is 18.5 Å². The van der Waals surface area contributed by atoms with Crippen LogP contribution in [0.25, 0.3) is 0 Å². The van der Waals surface area contributed by atoms with Crippen LogP contribution >= 0.6 is 23.1 Å². The van der Waals surface area contributed by atoms with E-state index in [-0.39, 0.29) is 11.9 Å². The van der Waals surface area contributed by atoms with E-state index in [9.17, 15) is 4.79 Å². The molecule has 0 spiro atoms. The average Bonchev–Trinajstić information content (AvgIpc) is 2.86. The first kappa shape index (κ1) is 15.4. The van der Waals surface area contributed by atoms with Crippen LogP contribution in [0.3, 0.4) is 0 Å². The number of hydrogen-bond donors (Lipinski definition) is 0. The van der Waals surface area contributed by atoms with Crippen molar-refractivity contribution in [3.05, 3.63) is 10.6 Å². The normalized spacial score (nSPS) is 10.9. The lowest BCUT2D eigenvalue weighted by Gasteiger charge is -2.29. The van der Waals surface area contributed by atoms with Crippen molar-refractivity contribution in [1.82, 2.24) is 14.5 Å². The average molecular weight is 290 g/mol. The molecule has 0 aliphatic rings. The summed E-state index contributed by atoms with van der Waals surface area (Å²) in [5, 5.41) is 4.00. The summed E-state index contributed by atoms with van der Waals surface area (Å²) in [6.07, 6.45) is 2.61. The van der Waals surface area contributed by atoms with Crippen LogP contribution in [0.4, 0.5) is 0 Å². The summed E-state index contributed by atoms with van der Waals surface area (Å²) in [6.45, 7) is 6.74. The van der Waals surface area contributed by atoms with Crippen LogP contribution in [-0.4, -0.2) is 38.9 Å². The third-order valence-corrected chi connectivity index (χ3v) is 3.98. The SMILES string of the molecule is CCc1nnsc1C(=O)N(CCCl)C(CC)CC. The van der Waals surface area contributed by atoms with Crippen LogP contribution in [0.15, 0.2) is 0 Å². The monoisotopic (exact) mass is 289 g/mol. The molecule has 0 bridgehead atoms. The van der Waals surface area contributed by atoms with E-state index >= 15 is 0 Å². The second-order valence-corrected chi connectivity index (χ2v) is 5.19. The zero-order valence-corrected chi connectivity index (χ0v) is 12.7. The van der Waals surface area contributed by atoms with Gasteiger partial charge in [0.05, 0.1) is 5.69 Å². The van der Waals surface area contributed by atoms with E-state index in [1.54, 1.807) is 0 Å². The molecule has 4 nitrogen and oxygen atoms in total. The molecule has 0 fully saturated rings. The van der Waals surface area contributed by atoms with Gasteiger partial charge in [-0.2, -0.15) is 0 Å². The summed E-state index contributed by atoms with van der Waals surface area (Å²) in [6, 6.07) is 0.239. The molecule has 0 radical (unpaired) electrons. The molecule has 0 N–H and O–H groups in total. The van der Waals surface area contributed by atoms with E-state index in [0.717, 1.165) is 25.0 Å². The summed E-state index contributed by atoms with van der Waals surface area (Å²) in [5.74, 6) is 0.479. The molecule has 0 saturated heterocycles. The van der Waals surface area contributed by atoms with Crippen molar-refractivity contribution in [2.75, 3.05) is 12.4 Å². The maximum absolute atomic E-state index is 12.5. The number of halogens is 1. The molecule has 0 atom stereocenters. The molecule has 102 valence electrons. The highest BCUT2D eigenvalue weighted by atomic mass is 35.5. The first-order valence-electron chi connectivity index (χ1n) is 6.37. The Labute approximate surface area is 117 Å². The molecule has 1 rings (SSSR count). The first-order valence-corrected chi connectivity index (χ1v) is 7.68. The number of rotatable bonds is 7. The van der Waals surface area contributed by atoms with Crippen LogP contribution in [-0.2, 0) is 6.42 Å². The number of nitrogens with zero attached hydrogens (tertiary/aromatic N) is 3. The van der Waals surface area contributed by atoms with Crippen molar-refractivity contribution < 1.29 is 4.79 Å². The lowest BCUT2D eigenvalue weighted by molar-refractivity contribution is 0.0685. The van der Waals surface area contributed by atoms with Crippen molar-refractivity contribution >= 4 is 29.0 Å². The summed E-state index contributed by atoms with van der Waals surface area (Å²) in [5.41, 5.74) is 0.788. The summed E-state index contributed by atoms with van der Waals surface area (Å²) >= 11 is 6.99. The fraction of sp³-hybridized carbons (Fsp3) is 0.750. The highest BCUT2D eigenvalue weighted by molar-refractivity contribution is 7.08. The molecule has 1 aromatic rings. The lowest BCUT2D eigenvalue weighted by Crippen LogP contribution is -2.41. The van der Waals surface area contributed by atoms with Crippen molar-refractivity contribution in [2.24, 2.45) is 0 Å². The van der Waals surface area contributed by atoms with Gasteiger partial charge in [-0.3, -0.25) is 4.79 Å². The largest absolute Gasteiger partial charge is 0.334 e. The third-order valence-electron chi connectivity index (χ3n) is 3.05. The van der Waals surface area contributed by atoms with E-state index in [2.05, 4.69) is 23.4 Å². The fourth-order valence-corrected chi connectivity index (χ4v) is 2.89. The van der Waals surface area contributed by atoms with Gasteiger partial charge in [0.2, 0.25) is 0 Å². The van der Waals surface area contributed by atoms with Gasteiger partial charge in [-0.1, -0.05) is 25.3 Å². The Morgan fingerprint density at radius 2 is 2.06 bits per heavy atom. The molecule has 0 unspecified atom stereocenters. The van der Waals surface area contributed by atoms with Crippen molar-refractivity contribution in [3.63, 3.8) is 0 Å². The number of carbonyl (C=O) groups is 1. The zero-order valence-electron chi connectivity index (χ0n) is 11.1. The van der Waals surface area contributed by atoms with Crippen LogP contribution in [0, 0.1) is 0 Å². The molecular weight excluding hydrogens is 270 g/mol. The minimum Gasteiger partial charge on any atom is -0.334 e. The highest BCUT2D eigenvalue weighted by Crippen LogP contribution is 2.18. The molecule has 1 aromatic heterocycles. The number of aryl methyl sites for hydroxylation is 1. The van der Waals surface area contributed by atoms with Crippen molar-refractivity contribution in [3.8, 4) is 0 Å². The number of carbonyl (C=O) groups excluding carboxylic acids is 1. The number of aromatic nitrogens is 2. The Hall–Kier alpha value is -0.680. The van der Waals surface area contributed by atoms with E-state index in [1.165, 1.54) is 11.5 Å². The lowest BCUT2D eigenvalue weighted by atomic mass is 10.1. The number of amides is 1. The fourth-order valence-electron chi connectivity index (χ4n) is 2.00. The van der Waals surface area contributed by atoms with Crippen LogP contribution in [0.1, 0.15) is 49.0 Å². The maximum atomic E-state index is 12.5. The summed E-state index contributed by atoms with van der Waals surface area (Å²) < 4.78 is 3.88. The van der Waals surface area contributed by atoms with Gasteiger partial charge in [0.1, 0.15) is 4.88 Å². The molecular formula is C12H20ClN3OS. The smallest absolute Gasteiger partial charge is 0.267 e. The molecule has 1 heterocycles. The van der Waals surface area contributed by atoms with Crippen molar-refractivity contribution in [1.29, 1.82) is 0 Å². The Kier molecular flexibility index (Phi) is 6.57. The van der Waals surface area contributed by atoms with Gasteiger partial charge in [-0.25, -0.2) is 0 Å². The van der Waals surface area contributed by atoms with E-state index < -0.39 is 0 Å². The predicted octanol–water partition coefficient (Wildman–Crippen LogP) is 2.97. The van der Waals surface area contributed by atoms with E-state index in [0.29, 0.717) is 17.3 Å². The molecule has 18 heavy (non-hydrogen) atoms. The van der Waals surface area contributed by atoms with Gasteiger partial charge in [0.25, 0.3) is 5.91 Å². The second kappa shape index (κ2) is 7.69. The Bertz CT molecular complexity index is 379. The van der Waals surface area contributed by atoms with Gasteiger partial charge in [0.15, 0.2) is 0 Å². The highest BCUT2D eigenvalue weighted by Gasteiger charge is 2.25. The minimum atomic E-state index is 0.0243. The van der Waals surface area contributed by atoms with Gasteiger partial charge in [-0.15, -0.1) is 16.7 Å². The van der Waals surface area contributed by atoms with Gasteiger partial charge in [-0.05, 0) is 30.8 Å². The second-order valence-electron chi connectivity index (χ2n) is 4.06. The molecule has 0 aromatic carbocycles. The van der Waals surface area contributed by atoms with Crippen LogP contribution in [0.5, 0.6) is 0 Å². The van der Waals surface area contributed by atoms with Gasteiger partial charge >= 0.3 is 0 Å². The minimum absolute atomic E-state index is 0.0243. The predicted molar refractivity (Wildman–Crippen MR) is 75.4 cm³/mol. The Morgan fingerprint density at radius 3 is 2.56 bits per heavy atom. The van der Waals surface area contributed by atoms with Crippen LogP contribution in [0.2, 0.25) is 0 Å². The van der Waals surface area contributed by atoms with Gasteiger partial charge < -0.3 is 4.90 Å². The quantitative estimate of drug-likeness (QED) is 0.725. The topological polar surface area (TPSA) is 46.1 Å². The zero-order chi connectivity index (χ0) is 13.5. The summed E-state index contributed by atoms with van der Waals surface area (Å²) in [4.78, 5) is 15.1. The maximum Gasteiger partial charge on any atom is 0.267 e. The number of alkyl halides is 1.